The van der Waals surface area contributed by atoms with Gasteiger partial charge in [0.1, 0.15) is 5.75 Å². The Labute approximate surface area is 192 Å². The molecule has 2 aromatic carbocycles. The van der Waals surface area contributed by atoms with Crippen LogP contribution < -0.4 is 20.7 Å². The summed E-state index contributed by atoms with van der Waals surface area (Å²) in [7, 11) is 1.65. The van der Waals surface area contributed by atoms with E-state index in [4.69, 9.17) is 4.74 Å². The highest BCUT2D eigenvalue weighted by Gasteiger charge is 2.16. The number of nitrogens with zero attached hydrogens (tertiary/aromatic N) is 3. The van der Waals surface area contributed by atoms with Crippen LogP contribution in [0, 0.1) is 0 Å². The average Bonchev–Trinajstić information content (AvgIpc) is 3.27. The van der Waals surface area contributed by atoms with Crippen LogP contribution >= 0.6 is 0 Å². The van der Waals surface area contributed by atoms with E-state index < -0.39 is 0 Å². The highest BCUT2D eigenvalue weighted by atomic mass is 16.5. The second kappa shape index (κ2) is 9.30. The third kappa shape index (κ3) is 4.65. The van der Waals surface area contributed by atoms with E-state index in [-0.39, 0.29) is 11.9 Å². The van der Waals surface area contributed by atoms with Gasteiger partial charge in [-0.3, -0.25) is 4.79 Å². The maximum atomic E-state index is 12.5. The second-order valence-electron chi connectivity index (χ2n) is 8.06. The molecule has 8 heteroatoms. The highest BCUT2D eigenvalue weighted by Crippen LogP contribution is 2.27. The molecule has 3 N–H and O–H groups in total. The fraction of sp³-hybridized carbons (Fsp3) is 0.240. The molecule has 0 aliphatic carbocycles. The Kier molecular flexibility index (Phi) is 5.91. The molecule has 0 radical (unpaired) electrons. The first-order valence-corrected chi connectivity index (χ1v) is 11.1. The van der Waals surface area contributed by atoms with Gasteiger partial charge in [0.15, 0.2) is 5.65 Å². The summed E-state index contributed by atoms with van der Waals surface area (Å²) in [5.41, 5.74) is 4.16. The predicted molar refractivity (Wildman–Crippen MR) is 128 cm³/mol. The van der Waals surface area contributed by atoms with Gasteiger partial charge in [0, 0.05) is 29.1 Å². The number of hydrogen-bond acceptors (Lipinski definition) is 6. The van der Waals surface area contributed by atoms with Crippen LogP contribution in [-0.4, -0.2) is 46.7 Å². The number of ether oxygens (including phenoxy) is 1. The van der Waals surface area contributed by atoms with E-state index in [2.05, 4.69) is 26.0 Å². The number of carbonyl (C=O) groups excluding carboxylic acids is 1. The molecule has 33 heavy (non-hydrogen) atoms. The number of nitrogens with one attached hydrogen (secondary N) is 3. The van der Waals surface area contributed by atoms with Crippen LogP contribution in [0.15, 0.2) is 66.9 Å². The van der Waals surface area contributed by atoms with Crippen molar-refractivity contribution in [3.63, 3.8) is 0 Å². The highest BCUT2D eigenvalue weighted by molar-refractivity contribution is 5.94. The molecule has 0 saturated carbocycles. The summed E-state index contributed by atoms with van der Waals surface area (Å²) in [5.74, 6) is 1.23. The molecule has 8 nitrogen and oxygen atoms in total. The average molecular weight is 443 g/mol. The van der Waals surface area contributed by atoms with Gasteiger partial charge in [-0.25, -0.2) is 4.52 Å². The summed E-state index contributed by atoms with van der Waals surface area (Å²) in [5, 5.41) is 14.2. The van der Waals surface area contributed by atoms with Crippen LogP contribution in [0.5, 0.6) is 5.75 Å². The number of amides is 1. The first-order chi connectivity index (χ1) is 16.2. The van der Waals surface area contributed by atoms with Gasteiger partial charge in [0.25, 0.3) is 5.91 Å². The van der Waals surface area contributed by atoms with Crippen molar-refractivity contribution in [3.8, 4) is 16.9 Å². The lowest BCUT2D eigenvalue weighted by Gasteiger charge is -2.23. The molecule has 168 valence electrons. The third-order valence-corrected chi connectivity index (χ3v) is 5.82. The minimum absolute atomic E-state index is 0.0396. The lowest BCUT2D eigenvalue weighted by atomic mass is 10.1. The molecule has 1 aliphatic heterocycles. The molecule has 5 rings (SSSR count). The molecule has 1 saturated heterocycles. The molecule has 1 aliphatic rings. The standard InChI is InChI=1S/C25H26N6O2/c1-33-21-5-2-4-18(16-21)22-6-3-15-31-23(22)29-25(30-31)28-19-9-7-17(8-10-19)24(32)27-20-11-13-26-14-12-20/h2-10,15-16,20,26H,11-14H2,1H3,(H,27,32)(H,28,30). The number of methoxy groups -OCH3 is 1. The second-order valence-corrected chi connectivity index (χ2v) is 8.06. The van der Waals surface area contributed by atoms with Crippen molar-refractivity contribution in [2.24, 2.45) is 0 Å². The number of fused-ring (bicyclic) bond motifs is 1. The molecular weight excluding hydrogens is 416 g/mol. The maximum Gasteiger partial charge on any atom is 0.251 e. The lowest BCUT2D eigenvalue weighted by molar-refractivity contribution is 0.0929. The topological polar surface area (TPSA) is 92.6 Å². The van der Waals surface area contributed by atoms with Crippen LogP contribution in [0.2, 0.25) is 0 Å². The molecule has 4 aromatic rings. The van der Waals surface area contributed by atoms with Gasteiger partial charge in [0.2, 0.25) is 5.95 Å². The van der Waals surface area contributed by atoms with Gasteiger partial charge in [-0.15, -0.1) is 5.10 Å². The number of hydrogen-bond donors (Lipinski definition) is 3. The van der Waals surface area contributed by atoms with Crippen molar-refractivity contribution >= 4 is 23.2 Å². The van der Waals surface area contributed by atoms with Crippen LogP contribution in [0.3, 0.4) is 0 Å². The summed E-state index contributed by atoms with van der Waals surface area (Å²) < 4.78 is 7.10. The van der Waals surface area contributed by atoms with Crippen molar-refractivity contribution in [1.29, 1.82) is 0 Å². The normalized spacial score (nSPS) is 14.2. The number of aromatic nitrogens is 3. The van der Waals surface area contributed by atoms with Crippen LogP contribution in [0.4, 0.5) is 11.6 Å². The molecule has 3 heterocycles. The van der Waals surface area contributed by atoms with Crippen LogP contribution in [-0.2, 0) is 0 Å². The Balaban J connectivity index is 1.32. The molecule has 0 bridgehead atoms. The zero-order chi connectivity index (χ0) is 22.6. The largest absolute Gasteiger partial charge is 0.497 e. The molecule has 1 amide bonds. The van der Waals surface area contributed by atoms with Crippen molar-refractivity contribution in [3.05, 3.63) is 72.4 Å². The van der Waals surface area contributed by atoms with Gasteiger partial charge in [-0.05, 0) is 80.0 Å². The first-order valence-electron chi connectivity index (χ1n) is 11.1. The fourth-order valence-corrected chi connectivity index (χ4v) is 4.04. The first kappa shape index (κ1) is 21.0. The minimum atomic E-state index is -0.0396. The fourth-order valence-electron chi connectivity index (χ4n) is 4.04. The van der Waals surface area contributed by atoms with E-state index >= 15 is 0 Å². The van der Waals surface area contributed by atoms with Crippen molar-refractivity contribution in [1.82, 2.24) is 25.2 Å². The molecule has 0 unspecified atom stereocenters. The van der Waals surface area contributed by atoms with E-state index in [0.29, 0.717) is 11.5 Å². The van der Waals surface area contributed by atoms with E-state index in [1.165, 1.54) is 0 Å². The quantitative estimate of drug-likeness (QED) is 0.422. The molecule has 0 spiro atoms. The Morgan fingerprint density at radius 2 is 1.91 bits per heavy atom. The Morgan fingerprint density at radius 3 is 2.70 bits per heavy atom. The van der Waals surface area contributed by atoms with Gasteiger partial charge in [-0.1, -0.05) is 12.1 Å². The summed E-state index contributed by atoms with van der Waals surface area (Å²) in [6.45, 7) is 1.89. The molecule has 1 fully saturated rings. The lowest BCUT2D eigenvalue weighted by Crippen LogP contribution is -2.42. The minimum Gasteiger partial charge on any atom is -0.497 e. The van der Waals surface area contributed by atoms with Crippen molar-refractivity contribution in [2.75, 3.05) is 25.5 Å². The van der Waals surface area contributed by atoms with Crippen LogP contribution in [0.25, 0.3) is 16.8 Å². The summed E-state index contributed by atoms with van der Waals surface area (Å²) >= 11 is 0. The molecule has 2 aromatic heterocycles. The maximum absolute atomic E-state index is 12.5. The zero-order valence-corrected chi connectivity index (χ0v) is 18.4. The van der Waals surface area contributed by atoms with Gasteiger partial charge >= 0.3 is 0 Å². The SMILES string of the molecule is COc1cccc(-c2cccn3nc(Nc4ccc(C(=O)NC5CCNCC5)cc4)nc23)c1. The number of benzene rings is 2. The number of rotatable bonds is 6. The number of anilines is 2. The van der Waals surface area contributed by atoms with E-state index in [0.717, 1.165) is 54.1 Å². The summed E-state index contributed by atoms with van der Waals surface area (Å²) in [6.07, 6.45) is 3.79. The summed E-state index contributed by atoms with van der Waals surface area (Å²) in [4.78, 5) is 17.2. The Bertz CT molecular complexity index is 1260. The Morgan fingerprint density at radius 1 is 1.09 bits per heavy atom. The van der Waals surface area contributed by atoms with Gasteiger partial charge in [0.05, 0.1) is 7.11 Å². The Hall–Kier alpha value is -3.91. The number of piperidine rings is 1. The smallest absolute Gasteiger partial charge is 0.251 e. The third-order valence-electron chi connectivity index (χ3n) is 5.82. The van der Waals surface area contributed by atoms with Gasteiger partial charge < -0.3 is 20.7 Å². The molecular formula is C25H26N6O2. The number of pyridine rings is 1. The van der Waals surface area contributed by atoms with Crippen molar-refractivity contribution < 1.29 is 9.53 Å². The number of carbonyl (C=O) groups is 1. The van der Waals surface area contributed by atoms with Crippen molar-refractivity contribution in [2.45, 2.75) is 18.9 Å². The van der Waals surface area contributed by atoms with E-state index in [1.54, 1.807) is 11.6 Å². The van der Waals surface area contributed by atoms with E-state index in [1.807, 2.05) is 66.9 Å². The molecule has 0 atom stereocenters. The van der Waals surface area contributed by atoms with E-state index in [9.17, 15) is 4.79 Å². The van der Waals surface area contributed by atoms with Crippen LogP contribution in [0.1, 0.15) is 23.2 Å². The summed E-state index contributed by atoms with van der Waals surface area (Å²) in [6, 6.07) is 19.4. The zero-order valence-electron chi connectivity index (χ0n) is 18.4. The monoisotopic (exact) mass is 442 g/mol. The predicted octanol–water partition coefficient (Wildman–Crippen LogP) is 3.63. The van der Waals surface area contributed by atoms with Gasteiger partial charge in [-0.2, -0.15) is 4.98 Å².